The molecule has 2 nitrogen and oxygen atoms in total. The lowest BCUT2D eigenvalue weighted by Gasteiger charge is -2.13. The third-order valence-electron chi connectivity index (χ3n) is 3.39. The third-order valence-corrected chi connectivity index (χ3v) is 3.39. The summed E-state index contributed by atoms with van der Waals surface area (Å²) >= 11 is 0. The van der Waals surface area contributed by atoms with Crippen LogP contribution in [0.2, 0.25) is 0 Å². The fourth-order valence-electron chi connectivity index (χ4n) is 2.18. The van der Waals surface area contributed by atoms with Crippen LogP contribution in [0, 0.1) is 5.82 Å². The van der Waals surface area contributed by atoms with Crippen LogP contribution in [0.3, 0.4) is 0 Å². The molecule has 2 aromatic carbocycles. The predicted octanol–water partition coefficient (Wildman–Crippen LogP) is 3.64. The molecule has 1 saturated carbocycles. The number of aliphatic hydroxyl groups is 1. The van der Waals surface area contributed by atoms with Crippen molar-refractivity contribution in [1.29, 1.82) is 0 Å². The number of halogens is 1. The summed E-state index contributed by atoms with van der Waals surface area (Å²) in [6.07, 6.45) is 2.29. The van der Waals surface area contributed by atoms with Crippen LogP contribution in [0.4, 0.5) is 4.39 Å². The Balaban J connectivity index is 1.71. The van der Waals surface area contributed by atoms with Gasteiger partial charge in [0, 0.05) is 6.42 Å². The molecule has 0 amide bonds. The van der Waals surface area contributed by atoms with Crippen LogP contribution in [0.5, 0.6) is 5.75 Å². The minimum Gasteiger partial charge on any atom is -0.490 e. The Morgan fingerprint density at radius 2 is 1.95 bits per heavy atom. The summed E-state index contributed by atoms with van der Waals surface area (Å²) < 4.78 is 18.8. The second-order valence-corrected chi connectivity index (χ2v) is 5.24. The van der Waals surface area contributed by atoms with Crippen molar-refractivity contribution in [1.82, 2.24) is 0 Å². The number of ether oxygens (including phenoxy) is 1. The van der Waals surface area contributed by atoms with Gasteiger partial charge in [-0.3, -0.25) is 0 Å². The number of benzene rings is 2. The maximum atomic E-state index is 13.1. The molecule has 0 radical (unpaired) electrons. The highest BCUT2D eigenvalue weighted by atomic mass is 19.1. The molecule has 1 aliphatic rings. The van der Waals surface area contributed by atoms with Gasteiger partial charge in [-0.25, -0.2) is 4.39 Å². The first-order valence-corrected chi connectivity index (χ1v) is 6.90. The van der Waals surface area contributed by atoms with Gasteiger partial charge in [0.15, 0.2) is 0 Å². The summed E-state index contributed by atoms with van der Waals surface area (Å²) in [5.74, 6) is 0.517. The van der Waals surface area contributed by atoms with Crippen LogP contribution in [0.25, 0.3) is 0 Å². The maximum absolute atomic E-state index is 13.1. The standard InChI is InChI=1S/C17H17FO2/c18-14-5-1-3-12(9-14)10-17(19)13-4-2-6-16(11-13)20-15-7-8-15/h1-6,9,11,15,17,19H,7-8,10H2. The van der Waals surface area contributed by atoms with E-state index in [1.165, 1.54) is 12.1 Å². The molecule has 2 aromatic rings. The first-order chi connectivity index (χ1) is 9.70. The van der Waals surface area contributed by atoms with Crippen LogP contribution in [0.15, 0.2) is 48.5 Å². The van der Waals surface area contributed by atoms with Gasteiger partial charge < -0.3 is 9.84 Å². The maximum Gasteiger partial charge on any atom is 0.123 e. The molecule has 1 N–H and O–H groups in total. The molecule has 3 rings (SSSR count). The number of aliphatic hydroxyl groups excluding tert-OH is 1. The van der Waals surface area contributed by atoms with Crippen molar-refractivity contribution in [3.63, 3.8) is 0 Å². The quantitative estimate of drug-likeness (QED) is 0.900. The normalized spacial score (nSPS) is 15.9. The molecule has 1 atom stereocenters. The minimum atomic E-state index is -0.653. The largest absolute Gasteiger partial charge is 0.490 e. The summed E-state index contributed by atoms with van der Waals surface area (Å²) in [4.78, 5) is 0. The molecule has 1 aliphatic carbocycles. The van der Waals surface area contributed by atoms with E-state index in [2.05, 4.69) is 0 Å². The van der Waals surface area contributed by atoms with Crippen molar-refractivity contribution in [3.8, 4) is 5.75 Å². The fourth-order valence-corrected chi connectivity index (χ4v) is 2.18. The number of hydrogen-bond acceptors (Lipinski definition) is 2. The van der Waals surface area contributed by atoms with Crippen LogP contribution in [-0.2, 0) is 6.42 Å². The zero-order valence-corrected chi connectivity index (χ0v) is 11.1. The van der Waals surface area contributed by atoms with Gasteiger partial charge in [0.2, 0.25) is 0 Å². The highest BCUT2D eigenvalue weighted by Crippen LogP contribution is 2.29. The number of rotatable bonds is 5. The zero-order valence-electron chi connectivity index (χ0n) is 11.1. The molecular weight excluding hydrogens is 255 g/mol. The van der Waals surface area contributed by atoms with E-state index in [0.29, 0.717) is 12.5 Å². The molecule has 0 aromatic heterocycles. The molecule has 1 unspecified atom stereocenters. The second-order valence-electron chi connectivity index (χ2n) is 5.24. The molecule has 3 heteroatoms. The van der Waals surface area contributed by atoms with Crippen molar-refractivity contribution in [2.24, 2.45) is 0 Å². The Morgan fingerprint density at radius 1 is 1.15 bits per heavy atom. The van der Waals surface area contributed by atoms with Crippen molar-refractivity contribution < 1.29 is 14.2 Å². The molecule has 0 aliphatic heterocycles. The first-order valence-electron chi connectivity index (χ1n) is 6.90. The van der Waals surface area contributed by atoms with E-state index in [-0.39, 0.29) is 5.82 Å². The SMILES string of the molecule is OC(Cc1cccc(F)c1)c1cccc(OC2CC2)c1. The van der Waals surface area contributed by atoms with Crippen LogP contribution >= 0.6 is 0 Å². The van der Waals surface area contributed by atoms with Gasteiger partial charge in [0.1, 0.15) is 11.6 Å². The average molecular weight is 272 g/mol. The van der Waals surface area contributed by atoms with Gasteiger partial charge in [0.25, 0.3) is 0 Å². The highest BCUT2D eigenvalue weighted by molar-refractivity contribution is 5.31. The van der Waals surface area contributed by atoms with Gasteiger partial charge in [-0.05, 0) is 48.2 Å². The van der Waals surface area contributed by atoms with Gasteiger partial charge in [-0.2, -0.15) is 0 Å². The number of hydrogen-bond donors (Lipinski definition) is 1. The average Bonchev–Trinajstić information content (AvgIpc) is 3.23. The molecule has 104 valence electrons. The topological polar surface area (TPSA) is 29.5 Å². The van der Waals surface area contributed by atoms with Gasteiger partial charge in [-0.15, -0.1) is 0 Å². The van der Waals surface area contributed by atoms with Gasteiger partial charge in [-0.1, -0.05) is 24.3 Å². The van der Waals surface area contributed by atoms with Crippen LogP contribution in [0.1, 0.15) is 30.1 Å². The van der Waals surface area contributed by atoms with E-state index in [1.54, 1.807) is 6.07 Å². The summed E-state index contributed by atoms with van der Waals surface area (Å²) in [6, 6.07) is 13.8. The fraction of sp³-hybridized carbons (Fsp3) is 0.294. The lowest BCUT2D eigenvalue weighted by Crippen LogP contribution is -2.03. The molecule has 20 heavy (non-hydrogen) atoms. The highest BCUT2D eigenvalue weighted by Gasteiger charge is 2.23. The molecule has 0 spiro atoms. The van der Waals surface area contributed by atoms with E-state index in [1.807, 2.05) is 30.3 Å². The molecular formula is C17H17FO2. The predicted molar refractivity (Wildman–Crippen MR) is 75.2 cm³/mol. The zero-order chi connectivity index (χ0) is 13.9. The second kappa shape index (κ2) is 5.63. The van der Waals surface area contributed by atoms with E-state index < -0.39 is 6.10 Å². The smallest absolute Gasteiger partial charge is 0.123 e. The summed E-state index contributed by atoms with van der Waals surface area (Å²) in [7, 11) is 0. The Labute approximate surface area is 117 Å². The minimum absolute atomic E-state index is 0.277. The summed E-state index contributed by atoms with van der Waals surface area (Å²) in [5, 5.41) is 10.3. The van der Waals surface area contributed by atoms with Gasteiger partial charge >= 0.3 is 0 Å². The van der Waals surface area contributed by atoms with Crippen molar-refractivity contribution in [2.45, 2.75) is 31.5 Å². The Kier molecular flexibility index (Phi) is 3.70. The molecule has 1 fully saturated rings. The van der Waals surface area contributed by atoms with E-state index in [4.69, 9.17) is 4.74 Å². The third kappa shape index (κ3) is 3.36. The Hall–Kier alpha value is -1.87. The molecule has 0 bridgehead atoms. The van der Waals surface area contributed by atoms with Crippen molar-refractivity contribution in [3.05, 3.63) is 65.5 Å². The van der Waals surface area contributed by atoms with Gasteiger partial charge in [0.05, 0.1) is 12.2 Å². The van der Waals surface area contributed by atoms with E-state index in [0.717, 1.165) is 29.7 Å². The Bertz CT molecular complexity index is 593. The van der Waals surface area contributed by atoms with E-state index >= 15 is 0 Å². The summed E-state index contributed by atoms with van der Waals surface area (Å²) in [5.41, 5.74) is 1.58. The lowest BCUT2D eigenvalue weighted by atomic mass is 10.0. The van der Waals surface area contributed by atoms with Crippen LogP contribution < -0.4 is 4.74 Å². The summed E-state index contributed by atoms with van der Waals surface area (Å²) in [6.45, 7) is 0. The lowest BCUT2D eigenvalue weighted by molar-refractivity contribution is 0.177. The Morgan fingerprint density at radius 3 is 2.70 bits per heavy atom. The van der Waals surface area contributed by atoms with Crippen molar-refractivity contribution >= 4 is 0 Å². The first kappa shape index (κ1) is 13.1. The van der Waals surface area contributed by atoms with Crippen LogP contribution in [-0.4, -0.2) is 11.2 Å². The van der Waals surface area contributed by atoms with E-state index in [9.17, 15) is 9.50 Å². The molecule has 0 saturated heterocycles. The van der Waals surface area contributed by atoms with Crippen molar-refractivity contribution in [2.75, 3.05) is 0 Å². The monoisotopic (exact) mass is 272 g/mol. The molecule has 0 heterocycles.